The summed E-state index contributed by atoms with van der Waals surface area (Å²) in [5.74, 6) is 1.58. The van der Waals surface area contributed by atoms with E-state index in [4.69, 9.17) is 4.74 Å². The maximum Gasteiger partial charge on any atom is 0.305 e. The molecule has 1 fully saturated rings. The second-order valence-corrected chi connectivity index (χ2v) is 14.4. The molecule has 0 saturated heterocycles. The smallest absolute Gasteiger partial charge is 0.305 e. The predicted molar refractivity (Wildman–Crippen MR) is 202 cm³/mol. The van der Waals surface area contributed by atoms with Gasteiger partial charge in [0.2, 0.25) is 0 Å². The monoisotopic (exact) mass is 667 g/mol. The molecule has 280 valence electrons. The van der Waals surface area contributed by atoms with Crippen LogP contribution in [-0.2, 0) is 19.1 Å². The Hall–Kier alpha value is -1.14. The van der Waals surface area contributed by atoms with Gasteiger partial charge in [0.05, 0.1) is 13.2 Å². The normalized spacial score (nSPS) is 13.5. The molecule has 0 aromatic carbocycles. The Morgan fingerprint density at radius 2 is 1.26 bits per heavy atom. The summed E-state index contributed by atoms with van der Waals surface area (Å²) in [6.45, 7) is 13.3. The minimum absolute atomic E-state index is 0.0268. The van der Waals surface area contributed by atoms with Crippen molar-refractivity contribution < 1.29 is 19.1 Å². The molecular weight excluding hydrogens is 584 g/mol. The molecule has 1 saturated carbocycles. The van der Waals surface area contributed by atoms with Gasteiger partial charge in [-0.3, -0.25) is 9.59 Å². The molecule has 6 nitrogen and oxygen atoms in total. The molecule has 1 aliphatic carbocycles. The van der Waals surface area contributed by atoms with Gasteiger partial charge in [-0.05, 0) is 64.1 Å². The zero-order chi connectivity index (χ0) is 34.5. The highest BCUT2D eigenvalue weighted by molar-refractivity contribution is 5.69. The molecule has 0 aliphatic heterocycles. The molecule has 0 bridgehead atoms. The third kappa shape index (κ3) is 33.1. The Morgan fingerprint density at radius 1 is 0.702 bits per heavy atom. The van der Waals surface area contributed by atoms with Gasteiger partial charge >= 0.3 is 5.97 Å². The van der Waals surface area contributed by atoms with Crippen LogP contribution >= 0.6 is 0 Å². The number of hydrogen-bond acceptors (Lipinski definition) is 6. The summed E-state index contributed by atoms with van der Waals surface area (Å²) >= 11 is 0. The van der Waals surface area contributed by atoms with E-state index in [0.29, 0.717) is 26.1 Å². The van der Waals surface area contributed by atoms with E-state index in [2.05, 4.69) is 42.8 Å². The van der Waals surface area contributed by atoms with Crippen molar-refractivity contribution in [3.8, 4) is 0 Å². The summed E-state index contributed by atoms with van der Waals surface area (Å²) in [6.07, 6.45) is 34.5. The van der Waals surface area contributed by atoms with E-state index in [9.17, 15) is 9.59 Å². The van der Waals surface area contributed by atoms with E-state index in [0.717, 1.165) is 37.6 Å². The zero-order valence-corrected chi connectivity index (χ0v) is 32.1. The van der Waals surface area contributed by atoms with Gasteiger partial charge in [-0.1, -0.05) is 156 Å². The summed E-state index contributed by atoms with van der Waals surface area (Å²) < 4.78 is 10.1. The molecule has 0 atom stereocenters. The minimum Gasteiger partial charge on any atom is -0.468 e. The average molecular weight is 667 g/mol. The first-order valence-corrected chi connectivity index (χ1v) is 20.7. The van der Waals surface area contributed by atoms with Crippen LogP contribution in [0.5, 0.6) is 0 Å². The van der Waals surface area contributed by atoms with Gasteiger partial charge in [0.15, 0.2) is 0 Å². The van der Waals surface area contributed by atoms with Crippen molar-refractivity contribution >= 4 is 12.4 Å². The number of unbranched alkanes of at least 4 members (excludes halogenated alkanes) is 13. The van der Waals surface area contributed by atoms with E-state index < -0.39 is 0 Å². The summed E-state index contributed by atoms with van der Waals surface area (Å²) in [5.41, 5.74) is 0. The van der Waals surface area contributed by atoms with Gasteiger partial charge in [-0.25, -0.2) is 0 Å². The highest BCUT2D eigenvalue weighted by Gasteiger charge is 2.14. The fourth-order valence-electron chi connectivity index (χ4n) is 6.98. The summed E-state index contributed by atoms with van der Waals surface area (Å²) in [4.78, 5) is 24.5. The van der Waals surface area contributed by atoms with Gasteiger partial charge in [0.25, 0.3) is 6.47 Å². The zero-order valence-electron chi connectivity index (χ0n) is 32.1. The van der Waals surface area contributed by atoms with E-state index in [1.165, 1.54) is 167 Å². The number of carbonyl (C=O) groups excluding carboxylic acids is 2. The lowest BCUT2D eigenvalue weighted by molar-refractivity contribution is -0.144. The Kier molecular flexibility index (Phi) is 36.8. The van der Waals surface area contributed by atoms with E-state index in [1.807, 2.05) is 0 Å². The molecule has 1 rings (SSSR count). The third-order valence-corrected chi connectivity index (χ3v) is 9.98. The van der Waals surface area contributed by atoms with Crippen molar-refractivity contribution in [3.63, 3.8) is 0 Å². The second kappa shape index (κ2) is 37.7. The molecule has 0 aromatic heterocycles. The van der Waals surface area contributed by atoms with Crippen molar-refractivity contribution in [2.45, 2.75) is 194 Å². The molecule has 6 heteroatoms. The minimum atomic E-state index is 0.0268. The Balaban J connectivity index is 0.00000149. The first kappa shape index (κ1) is 45.9. The largest absolute Gasteiger partial charge is 0.468 e. The van der Waals surface area contributed by atoms with E-state index in [-0.39, 0.29) is 5.97 Å². The van der Waals surface area contributed by atoms with Crippen LogP contribution in [0.4, 0.5) is 0 Å². The number of hydrogen-bond donors (Lipinski definition) is 1. The van der Waals surface area contributed by atoms with Crippen LogP contribution in [0.15, 0.2) is 0 Å². The maximum atomic E-state index is 11.9. The average Bonchev–Trinajstić information content (AvgIpc) is 3.08. The third-order valence-electron chi connectivity index (χ3n) is 9.98. The molecule has 1 aliphatic rings. The Bertz CT molecular complexity index is 635. The van der Waals surface area contributed by atoms with Crippen molar-refractivity contribution in [1.29, 1.82) is 0 Å². The number of nitrogens with zero attached hydrogens (tertiary/aromatic N) is 1. The molecular formula is C41H82N2O4. The second-order valence-electron chi connectivity index (χ2n) is 14.4. The van der Waals surface area contributed by atoms with Crippen molar-refractivity contribution in [2.24, 2.45) is 11.8 Å². The van der Waals surface area contributed by atoms with Crippen LogP contribution in [0.3, 0.4) is 0 Å². The molecule has 0 aromatic rings. The number of rotatable bonds is 33. The van der Waals surface area contributed by atoms with Crippen molar-refractivity contribution in [1.82, 2.24) is 10.2 Å². The van der Waals surface area contributed by atoms with Crippen LogP contribution < -0.4 is 5.32 Å². The highest BCUT2D eigenvalue weighted by Crippen LogP contribution is 2.26. The van der Waals surface area contributed by atoms with Crippen LogP contribution in [0.25, 0.3) is 0 Å². The number of nitrogens with one attached hydrogen (secondary N) is 1. The quantitative estimate of drug-likeness (QED) is 0.0427. The van der Waals surface area contributed by atoms with Crippen molar-refractivity contribution in [2.75, 3.05) is 46.4 Å². The van der Waals surface area contributed by atoms with Gasteiger partial charge in [-0.15, -0.1) is 0 Å². The first-order chi connectivity index (χ1) is 23.1. The van der Waals surface area contributed by atoms with Crippen LogP contribution in [0, 0.1) is 11.8 Å². The molecule has 0 spiro atoms. The summed E-state index contributed by atoms with van der Waals surface area (Å²) in [6, 6.07) is 0. The van der Waals surface area contributed by atoms with Crippen LogP contribution in [0.1, 0.15) is 194 Å². The predicted octanol–water partition coefficient (Wildman–Crippen LogP) is 11.0. The van der Waals surface area contributed by atoms with E-state index in [1.54, 1.807) is 0 Å². The lowest BCUT2D eigenvalue weighted by Gasteiger charge is -2.22. The molecule has 0 amide bonds. The van der Waals surface area contributed by atoms with Gasteiger partial charge < -0.3 is 19.7 Å². The SMILES string of the molecule is CCCC(CCC)CCOC=O.CCCCCCCCCCN(CCCCCCCCCC(=O)OCCC1CCCCC1)CCNC. The Labute approximate surface area is 293 Å². The van der Waals surface area contributed by atoms with Gasteiger partial charge in [0.1, 0.15) is 0 Å². The van der Waals surface area contributed by atoms with Crippen LogP contribution in [0.2, 0.25) is 0 Å². The maximum absolute atomic E-state index is 11.9. The van der Waals surface area contributed by atoms with E-state index >= 15 is 0 Å². The standard InChI is InChI=1S/C31H62N2O2.C10H20O2/c1-3-4-5-6-7-10-13-19-26-33(28-25-32-2)27-20-14-11-8-9-12-18-23-31(34)35-29-24-30-21-16-15-17-22-30;1-3-5-10(6-4-2)7-8-12-9-11/h30,32H,3-29H2,1-2H3;9-10H,3-8H2,1-2H3. The first-order valence-electron chi connectivity index (χ1n) is 20.7. The molecule has 1 N–H and O–H groups in total. The number of esters is 1. The molecule has 0 heterocycles. The van der Waals surface area contributed by atoms with Crippen LogP contribution in [-0.4, -0.2) is 63.8 Å². The molecule has 47 heavy (non-hydrogen) atoms. The van der Waals surface area contributed by atoms with Gasteiger partial charge in [0, 0.05) is 19.5 Å². The fraction of sp³-hybridized carbons (Fsp3) is 0.951. The number of carbonyl (C=O) groups is 2. The Morgan fingerprint density at radius 3 is 1.79 bits per heavy atom. The summed E-state index contributed by atoms with van der Waals surface area (Å²) in [5, 5.41) is 3.32. The number of likely N-dealkylation sites (N-methyl/N-ethyl adjacent to an activating group) is 1. The number of ether oxygens (including phenoxy) is 2. The van der Waals surface area contributed by atoms with Crippen molar-refractivity contribution in [3.05, 3.63) is 0 Å². The molecule has 0 unspecified atom stereocenters. The molecule has 0 radical (unpaired) electrons. The van der Waals surface area contributed by atoms with Gasteiger partial charge in [-0.2, -0.15) is 0 Å². The topological polar surface area (TPSA) is 67.9 Å². The summed E-state index contributed by atoms with van der Waals surface area (Å²) in [7, 11) is 2.06. The lowest BCUT2D eigenvalue weighted by Crippen LogP contribution is -2.32. The lowest BCUT2D eigenvalue weighted by atomic mass is 9.87. The highest BCUT2D eigenvalue weighted by atomic mass is 16.5. The fourth-order valence-corrected chi connectivity index (χ4v) is 6.98.